The summed E-state index contributed by atoms with van der Waals surface area (Å²) in [7, 11) is 0. The van der Waals surface area contributed by atoms with Crippen LogP contribution in [0.5, 0.6) is 0 Å². The molecule has 0 aliphatic carbocycles. The minimum atomic E-state index is 0.158. The van der Waals surface area contributed by atoms with Gasteiger partial charge < -0.3 is 0 Å². The lowest BCUT2D eigenvalue weighted by Gasteiger charge is -2.15. The van der Waals surface area contributed by atoms with Crippen LogP contribution in [-0.4, -0.2) is 22.4 Å². The predicted molar refractivity (Wildman–Crippen MR) is 57.7 cm³/mol. The first-order valence-electron chi connectivity index (χ1n) is 5.31. The summed E-state index contributed by atoms with van der Waals surface area (Å²) < 4.78 is 0. The van der Waals surface area contributed by atoms with E-state index >= 15 is 0 Å². The minimum Gasteiger partial charge on any atom is -0.296 e. The third-order valence-electron chi connectivity index (χ3n) is 2.58. The van der Waals surface area contributed by atoms with Crippen LogP contribution in [0.2, 0.25) is 0 Å². The normalized spacial score (nSPS) is 16.5. The standard InChI is InChI=1S/C11H15N3O/c1-8(2)9-6-12-7-10(13-9)14-5-3-4-11(14)15/h6-8H,3-5H2,1-2H3. The van der Waals surface area contributed by atoms with E-state index in [1.165, 1.54) is 0 Å². The van der Waals surface area contributed by atoms with Crippen molar-refractivity contribution in [2.45, 2.75) is 32.6 Å². The molecule has 2 heterocycles. The second-order valence-corrected chi connectivity index (χ2v) is 4.11. The van der Waals surface area contributed by atoms with Gasteiger partial charge in [0.15, 0.2) is 5.82 Å². The molecule has 0 radical (unpaired) electrons. The maximum absolute atomic E-state index is 11.5. The molecule has 2 rings (SSSR count). The first kappa shape index (κ1) is 10.1. The Morgan fingerprint density at radius 3 is 2.80 bits per heavy atom. The lowest BCUT2D eigenvalue weighted by molar-refractivity contribution is -0.117. The van der Waals surface area contributed by atoms with E-state index in [9.17, 15) is 4.79 Å². The van der Waals surface area contributed by atoms with Gasteiger partial charge >= 0.3 is 0 Å². The minimum absolute atomic E-state index is 0.158. The van der Waals surface area contributed by atoms with E-state index in [4.69, 9.17) is 0 Å². The van der Waals surface area contributed by atoms with Crippen molar-refractivity contribution in [2.24, 2.45) is 0 Å². The molecule has 80 valence electrons. The molecular weight excluding hydrogens is 190 g/mol. The van der Waals surface area contributed by atoms with E-state index in [0.29, 0.717) is 18.2 Å². The highest BCUT2D eigenvalue weighted by atomic mass is 16.2. The van der Waals surface area contributed by atoms with Crippen LogP contribution in [-0.2, 0) is 4.79 Å². The number of carbonyl (C=O) groups excluding carboxylic acids is 1. The van der Waals surface area contributed by atoms with Crippen LogP contribution >= 0.6 is 0 Å². The van der Waals surface area contributed by atoms with Crippen molar-refractivity contribution >= 4 is 11.7 Å². The van der Waals surface area contributed by atoms with Gasteiger partial charge in [-0.1, -0.05) is 13.8 Å². The average Bonchev–Trinajstić information content (AvgIpc) is 2.64. The molecule has 15 heavy (non-hydrogen) atoms. The average molecular weight is 205 g/mol. The van der Waals surface area contributed by atoms with Crippen LogP contribution in [0, 0.1) is 0 Å². The molecule has 0 N–H and O–H groups in total. The van der Waals surface area contributed by atoms with E-state index in [1.807, 2.05) is 0 Å². The molecule has 4 nitrogen and oxygen atoms in total. The molecule has 0 aromatic carbocycles. The van der Waals surface area contributed by atoms with Crippen molar-refractivity contribution in [1.82, 2.24) is 9.97 Å². The molecule has 4 heteroatoms. The van der Waals surface area contributed by atoms with E-state index in [-0.39, 0.29) is 5.91 Å². The Hall–Kier alpha value is -1.45. The zero-order chi connectivity index (χ0) is 10.8. The number of anilines is 1. The summed E-state index contributed by atoms with van der Waals surface area (Å²) in [5.74, 6) is 1.20. The molecule has 0 spiro atoms. The van der Waals surface area contributed by atoms with Gasteiger partial charge in [0.25, 0.3) is 0 Å². The molecule has 0 unspecified atom stereocenters. The largest absolute Gasteiger partial charge is 0.296 e. The molecular formula is C11H15N3O. The lowest BCUT2D eigenvalue weighted by Crippen LogP contribution is -2.25. The maximum atomic E-state index is 11.5. The van der Waals surface area contributed by atoms with Crippen LogP contribution in [0.25, 0.3) is 0 Å². The first-order valence-corrected chi connectivity index (χ1v) is 5.31. The smallest absolute Gasteiger partial charge is 0.228 e. The van der Waals surface area contributed by atoms with E-state index < -0.39 is 0 Å². The molecule has 1 aromatic heterocycles. The summed E-state index contributed by atoms with van der Waals surface area (Å²) in [5.41, 5.74) is 0.937. The van der Waals surface area contributed by atoms with E-state index in [1.54, 1.807) is 17.3 Å². The summed E-state index contributed by atoms with van der Waals surface area (Å²) in [6, 6.07) is 0. The number of nitrogens with zero attached hydrogens (tertiary/aromatic N) is 3. The number of rotatable bonds is 2. The Kier molecular flexibility index (Phi) is 2.66. The molecule has 1 aromatic rings. The van der Waals surface area contributed by atoms with Crippen molar-refractivity contribution in [1.29, 1.82) is 0 Å². The van der Waals surface area contributed by atoms with Gasteiger partial charge in [-0.2, -0.15) is 0 Å². The van der Waals surface area contributed by atoms with Gasteiger partial charge in [-0.05, 0) is 12.3 Å². The van der Waals surface area contributed by atoms with Gasteiger partial charge in [-0.3, -0.25) is 14.7 Å². The topological polar surface area (TPSA) is 46.1 Å². The number of hydrogen-bond acceptors (Lipinski definition) is 3. The lowest BCUT2D eigenvalue weighted by atomic mass is 10.1. The SMILES string of the molecule is CC(C)c1cncc(N2CCCC2=O)n1. The van der Waals surface area contributed by atoms with Gasteiger partial charge in [0.2, 0.25) is 5.91 Å². The van der Waals surface area contributed by atoms with E-state index in [2.05, 4.69) is 23.8 Å². The molecule has 1 saturated heterocycles. The zero-order valence-corrected chi connectivity index (χ0v) is 9.10. The van der Waals surface area contributed by atoms with Crippen molar-refractivity contribution in [3.8, 4) is 0 Å². The quantitative estimate of drug-likeness (QED) is 0.738. The zero-order valence-electron chi connectivity index (χ0n) is 9.10. The molecule has 0 bridgehead atoms. The summed E-state index contributed by atoms with van der Waals surface area (Å²) in [6.45, 7) is 4.91. The summed E-state index contributed by atoms with van der Waals surface area (Å²) in [5, 5.41) is 0. The fourth-order valence-corrected chi connectivity index (χ4v) is 1.67. The van der Waals surface area contributed by atoms with Crippen LogP contribution in [0.15, 0.2) is 12.4 Å². The van der Waals surface area contributed by atoms with Crippen LogP contribution in [0.4, 0.5) is 5.82 Å². The van der Waals surface area contributed by atoms with E-state index in [0.717, 1.165) is 18.7 Å². The Morgan fingerprint density at radius 1 is 1.40 bits per heavy atom. The fraction of sp³-hybridized carbons (Fsp3) is 0.545. The van der Waals surface area contributed by atoms with Crippen LogP contribution in [0.1, 0.15) is 38.3 Å². The van der Waals surface area contributed by atoms with Crippen molar-refractivity contribution in [3.63, 3.8) is 0 Å². The Morgan fingerprint density at radius 2 is 2.20 bits per heavy atom. The third kappa shape index (κ3) is 1.98. The van der Waals surface area contributed by atoms with Crippen molar-refractivity contribution < 1.29 is 4.79 Å². The van der Waals surface area contributed by atoms with Crippen LogP contribution in [0.3, 0.4) is 0 Å². The highest BCUT2D eigenvalue weighted by Gasteiger charge is 2.23. The van der Waals surface area contributed by atoms with Crippen molar-refractivity contribution in [2.75, 3.05) is 11.4 Å². The molecule has 1 aliphatic heterocycles. The summed E-state index contributed by atoms with van der Waals surface area (Å²) in [4.78, 5) is 21.8. The fourth-order valence-electron chi connectivity index (χ4n) is 1.67. The number of aromatic nitrogens is 2. The van der Waals surface area contributed by atoms with Gasteiger partial charge in [0, 0.05) is 19.2 Å². The molecule has 1 fully saturated rings. The highest BCUT2D eigenvalue weighted by molar-refractivity contribution is 5.94. The third-order valence-corrected chi connectivity index (χ3v) is 2.58. The number of carbonyl (C=O) groups is 1. The predicted octanol–water partition coefficient (Wildman–Crippen LogP) is 1.73. The Bertz CT molecular complexity index is 376. The Labute approximate surface area is 89.3 Å². The molecule has 1 aliphatic rings. The monoisotopic (exact) mass is 205 g/mol. The number of hydrogen-bond donors (Lipinski definition) is 0. The number of amides is 1. The van der Waals surface area contributed by atoms with Crippen molar-refractivity contribution in [3.05, 3.63) is 18.1 Å². The highest BCUT2D eigenvalue weighted by Crippen LogP contribution is 2.20. The maximum Gasteiger partial charge on any atom is 0.228 e. The second-order valence-electron chi connectivity index (χ2n) is 4.11. The summed E-state index contributed by atoms with van der Waals surface area (Å²) >= 11 is 0. The van der Waals surface area contributed by atoms with Crippen LogP contribution < -0.4 is 4.90 Å². The molecule has 0 atom stereocenters. The molecule has 0 saturated carbocycles. The second kappa shape index (κ2) is 3.96. The van der Waals surface area contributed by atoms with Gasteiger partial charge in [0.05, 0.1) is 11.9 Å². The first-order chi connectivity index (χ1) is 7.18. The van der Waals surface area contributed by atoms with Gasteiger partial charge in [-0.25, -0.2) is 4.98 Å². The molecule has 1 amide bonds. The van der Waals surface area contributed by atoms with Gasteiger partial charge in [-0.15, -0.1) is 0 Å². The summed E-state index contributed by atoms with van der Waals surface area (Å²) in [6.07, 6.45) is 4.98. The van der Waals surface area contributed by atoms with Gasteiger partial charge in [0.1, 0.15) is 0 Å². The Balaban J connectivity index is 2.28.